The molecule has 0 amide bonds. The minimum Gasteiger partial charge on any atom is -0.259 e. The van der Waals surface area contributed by atoms with Crippen molar-refractivity contribution in [3.8, 4) is 0 Å². The Morgan fingerprint density at radius 1 is 1.46 bits per heavy atom. The Kier molecular flexibility index (Phi) is 3.32. The Morgan fingerprint density at radius 2 is 2.15 bits per heavy atom. The maximum Gasteiger partial charge on any atom is 0.0885 e. The van der Waals surface area contributed by atoms with E-state index in [0.717, 1.165) is 12.1 Å². The molecule has 0 aliphatic carbocycles. The second kappa shape index (κ2) is 4.10. The molecule has 0 N–H and O–H groups in total. The highest BCUT2D eigenvalue weighted by Crippen LogP contribution is 2.38. The van der Waals surface area contributed by atoms with Gasteiger partial charge in [0.1, 0.15) is 0 Å². The Balaban J connectivity index is 3.03. The van der Waals surface area contributed by atoms with Crippen LogP contribution >= 0.6 is 11.6 Å². The lowest BCUT2D eigenvalue weighted by Gasteiger charge is -2.29. The molecule has 0 bridgehead atoms. The van der Waals surface area contributed by atoms with Gasteiger partial charge in [0.15, 0.2) is 0 Å². The van der Waals surface area contributed by atoms with Crippen LogP contribution in [0.5, 0.6) is 0 Å². The van der Waals surface area contributed by atoms with Gasteiger partial charge in [-0.3, -0.25) is 4.98 Å². The Hall–Kier alpha value is -0.560. The lowest BCUT2D eigenvalue weighted by molar-refractivity contribution is 0.415. The molecule has 1 atom stereocenters. The summed E-state index contributed by atoms with van der Waals surface area (Å²) >= 11 is 6.52. The molecule has 1 heterocycles. The normalized spacial score (nSPS) is 15.8. The van der Waals surface area contributed by atoms with Gasteiger partial charge in [-0.25, -0.2) is 0 Å². The summed E-state index contributed by atoms with van der Waals surface area (Å²) in [5.41, 5.74) is 0.981. The maximum atomic E-state index is 6.52. The van der Waals surface area contributed by atoms with E-state index in [-0.39, 0.29) is 4.87 Å². The van der Waals surface area contributed by atoms with E-state index >= 15 is 0 Å². The van der Waals surface area contributed by atoms with Crippen molar-refractivity contribution in [2.24, 2.45) is 5.92 Å². The fraction of sp³-hybridized carbons (Fsp3) is 0.545. The number of aromatic nitrogens is 1. The Labute approximate surface area is 85.1 Å². The highest BCUT2D eigenvalue weighted by atomic mass is 35.5. The first-order valence-corrected chi connectivity index (χ1v) is 5.09. The SMILES string of the molecule is CCC(Cl)(c1ccccn1)C(C)C. The van der Waals surface area contributed by atoms with Gasteiger partial charge in [-0.2, -0.15) is 0 Å². The quantitative estimate of drug-likeness (QED) is 0.675. The average molecular weight is 198 g/mol. The smallest absolute Gasteiger partial charge is 0.0885 e. The molecule has 0 spiro atoms. The third-order valence-electron chi connectivity index (χ3n) is 2.52. The fourth-order valence-corrected chi connectivity index (χ4v) is 1.61. The number of hydrogen-bond acceptors (Lipinski definition) is 1. The third kappa shape index (κ3) is 2.02. The highest BCUT2D eigenvalue weighted by molar-refractivity contribution is 6.24. The zero-order chi connectivity index (χ0) is 9.90. The summed E-state index contributed by atoms with van der Waals surface area (Å²) in [7, 11) is 0. The molecular weight excluding hydrogens is 182 g/mol. The van der Waals surface area contributed by atoms with Crippen molar-refractivity contribution in [3.63, 3.8) is 0 Å². The van der Waals surface area contributed by atoms with Crippen LogP contribution in [-0.2, 0) is 4.87 Å². The molecule has 1 rings (SSSR count). The zero-order valence-electron chi connectivity index (χ0n) is 8.42. The second-order valence-electron chi connectivity index (χ2n) is 3.59. The van der Waals surface area contributed by atoms with Crippen LogP contribution in [0.25, 0.3) is 0 Å². The first-order chi connectivity index (χ1) is 6.11. The van der Waals surface area contributed by atoms with Crippen molar-refractivity contribution >= 4 is 11.6 Å². The molecule has 0 aliphatic heterocycles. The van der Waals surface area contributed by atoms with Crippen LogP contribution in [0.15, 0.2) is 24.4 Å². The van der Waals surface area contributed by atoms with E-state index in [9.17, 15) is 0 Å². The Bertz CT molecular complexity index is 258. The van der Waals surface area contributed by atoms with E-state index in [1.807, 2.05) is 18.2 Å². The molecule has 13 heavy (non-hydrogen) atoms. The first kappa shape index (κ1) is 10.5. The van der Waals surface area contributed by atoms with Crippen molar-refractivity contribution in [2.75, 3.05) is 0 Å². The molecule has 0 radical (unpaired) electrons. The average Bonchev–Trinajstić information content (AvgIpc) is 2.17. The largest absolute Gasteiger partial charge is 0.259 e. The highest BCUT2D eigenvalue weighted by Gasteiger charge is 2.32. The van der Waals surface area contributed by atoms with Gasteiger partial charge in [-0.1, -0.05) is 26.8 Å². The molecule has 72 valence electrons. The molecule has 2 heteroatoms. The number of pyridine rings is 1. The number of nitrogens with zero attached hydrogens (tertiary/aromatic N) is 1. The van der Waals surface area contributed by atoms with Crippen molar-refractivity contribution in [1.82, 2.24) is 4.98 Å². The fourth-order valence-electron chi connectivity index (χ4n) is 1.49. The minimum absolute atomic E-state index is 0.304. The minimum atomic E-state index is -0.304. The van der Waals surface area contributed by atoms with E-state index in [2.05, 4.69) is 25.8 Å². The van der Waals surface area contributed by atoms with Crippen LogP contribution in [-0.4, -0.2) is 4.98 Å². The van der Waals surface area contributed by atoms with Crippen LogP contribution in [0.4, 0.5) is 0 Å². The van der Waals surface area contributed by atoms with Gasteiger partial charge in [0.05, 0.1) is 10.6 Å². The number of halogens is 1. The molecular formula is C11H16ClN. The van der Waals surface area contributed by atoms with E-state index in [1.54, 1.807) is 6.20 Å². The van der Waals surface area contributed by atoms with E-state index in [0.29, 0.717) is 5.92 Å². The van der Waals surface area contributed by atoms with Gasteiger partial charge >= 0.3 is 0 Å². The summed E-state index contributed by atoms with van der Waals surface area (Å²) in [5.74, 6) is 0.397. The molecule has 1 aromatic heterocycles. The van der Waals surface area contributed by atoms with Crippen molar-refractivity contribution in [3.05, 3.63) is 30.1 Å². The zero-order valence-corrected chi connectivity index (χ0v) is 9.17. The molecule has 0 saturated carbocycles. The van der Waals surface area contributed by atoms with Gasteiger partial charge in [0.25, 0.3) is 0 Å². The molecule has 0 saturated heterocycles. The van der Waals surface area contributed by atoms with Gasteiger partial charge < -0.3 is 0 Å². The third-order valence-corrected chi connectivity index (χ3v) is 3.42. The summed E-state index contributed by atoms with van der Waals surface area (Å²) in [6, 6.07) is 5.89. The van der Waals surface area contributed by atoms with E-state index < -0.39 is 0 Å². The summed E-state index contributed by atoms with van der Waals surface area (Å²) in [4.78, 5) is 4.01. The lowest BCUT2D eigenvalue weighted by atomic mass is 9.88. The number of rotatable bonds is 3. The van der Waals surface area contributed by atoms with Crippen LogP contribution in [0.2, 0.25) is 0 Å². The predicted molar refractivity (Wildman–Crippen MR) is 56.9 cm³/mol. The first-order valence-electron chi connectivity index (χ1n) is 4.71. The standard InChI is InChI=1S/C11H16ClN/c1-4-11(12,9(2)3)10-7-5-6-8-13-10/h5-9H,4H2,1-3H3. The van der Waals surface area contributed by atoms with Gasteiger partial charge in [0, 0.05) is 6.20 Å². The van der Waals surface area contributed by atoms with E-state index in [1.165, 1.54) is 0 Å². The van der Waals surface area contributed by atoms with Crippen LogP contribution in [0.3, 0.4) is 0 Å². The topological polar surface area (TPSA) is 12.9 Å². The Morgan fingerprint density at radius 3 is 2.54 bits per heavy atom. The van der Waals surface area contributed by atoms with Gasteiger partial charge in [-0.15, -0.1) is 11.6 Å². The molecule has 1 nitrogen and oxygen atoms in total. The molecule has 1 unspecified atom stereocenters. The van der Waals surface area contributed by atoms with Crippen LogP contribution < -0.4 is 0 Å². The molecule has 0 aromatic carbocycles. The predicted octanol–water partition coefficient (Wildman–Crippen LogP) is 3.58. The van der Waals surface area contributed by atoms with Crippen LogP contribution in [0, 0.1) is 5.92 Å². The van der Waals surface area contributed by atoms with Crippen molar-refractivity contribution in [1.29, 1.82) is 0 Å². The molecule has 0 fully saturated rings. The summed E-state index contributed by atoms with van der Waals surface area (Å²) in [6.07, 6.45) is 2.70. The van der Waals surface area contributed by atoms with Crippen molar-refractivity contribution in [2.45, 2.75) is 32.1 Å². The maximum absolute atomic E-state index is 6.52. The number of hydrogen-bond donors (Lipinski definition) is 0. The summed E-state index contributed by atoms with van der Waals surface area (Å²) < 4.78 is 0. The van der Waals surface area contributed by atoms with E-state index in [4.69, 9.17) is 11.6 Å². The monoisotopic (exact) mass is 197 g/mol. The van der Waals surface area contributed by atoms with Gasteiger partial charge in [0.2, 0.25) is 0 Å². The van der Waals surface area contributed by atoms with Crippen LogP contribution in [0.1, 0.15) is 32.9 Å². The van der Waals surface area contributed by atoms with Crippen molar-refractivity contribution < 1.29 is 0 Å². The number of alkyl halides is 1. The van der Waals surface area contributed by atoms with Gasteiger partial charge in [-0.05, 0) is 24.5 Å². The lowest BCUT2D eigenvalue weighted by Crippen LogP contribution is -2.25. The second-order valence-corrected chi connectivity index (χ2v) is 4.26. The molecule has 0 aliphatic rings. The summed E-state index contributed by atoms with van der Waals surface area (Å²) in [6.45, 7) is 6.36. The molecule has 1 aromatic rings. The summed E-state index contributed by atoms with van der Waals surface area (Å²) in [5, 5.41) is 0.